The van der Waals surface area contributed by atoms with Crippen LogP contribution in [0.25, 0.3) is 5.57 Å². The number of amides is 2. The van der Waals surface area contributed by atoms with Crippen molar-refractivity contribution in [1.29, 1.82) is 0 Å². The fourth-order valence-corrected chi connectivity index (χ4v) is 3.84. The molecule has 0 unspecified atom stereocenters. The van der Waals surface area contributed by atoms with Crippen molar-refractivity contribution in [2.75, 3.05) is 23.4 Å². The lowest BCUT2D eigenvalue weighted by Gasteiger charge is -2.21. The topological polar surface area (TPSA) is 67.9 Å². The van der Waals surface area contributed by atoms with Crippen LogP contribution in [0.1, 0.15) is 11.1 Å². The van der Waals surface area contributed by atoms with E-state index in [0.717, 1.165) is 17.0 Å². The normalized spacial score (nSPS) is 15.7. The van der Waals surface area contributed by atoms with Gasteiger partial charge in [-0.1, -0.05) is 36.4 Å². The van der Waals surface area contributed by atoms with Crippen molar-refractivity contribution in [2.24, 2.45) is 0 Å². The number of carbonyl (C=O) groups is 2. The summed E-state index contributed by atoms with van der Waals surface area (Å²) in [7, 11) is 0. The highest BCUT2D eigenvalue weighted by atomic mass is 19.4. The third-order valence-electron chi connectivity index (χ3n) is 5.39. The Hall–Kier alpha value is -4.27. The summed E-state index contributed by atoms with van der Waals surface area (Å²) in [6.07, 6.45) is -4.55. The summed E-state index contributed by atoms with van der Waals surface area (Å²) >= 11 is 0. The number of alkyl halides is 3. The lowest BCUT2D eigenvalue weighted by atomic mass is 10.0. The zero-order chi connectivity index (χ0) is 23.9. The van der Waals surface area contributed by atoms with Crippen LogP contribution in [0.2, 0.25) is 0 Å². The van der Waals surface area contributed by atoms with Gasteiger partial charge in [0.15, 0.2) is 11.5 Å². The molecule has 0 aliphatic carbocycles. The van der Waals surface area contributed by atoms with Gasteiger partial charge < -0.3 is 14.8 Å². The van der Waals surface area contributed by atoms with Crippen LogP contribution in [-0.2, 0) is 15.8 Å². The Labute approximate surface area is 192 Å². The Bertz CT molecular complexity index is 1320. The van der Waals surface area contributed by atoms with Crippen LogP contribution in [0.4, 0.5) is 24.5 Å². The Morgan fingerprint density at radius 2 is 1.53 bits per heavy atom. The molecule has 6 nitrogen and oxygen atoms in total. The first-order valence-corrected chi connectivity index (χ1v) is 10.4. The van der Waals surface area contributed by atoms with E-state index in [0.29, 0.717) is 30.3 Å². The van der Waals surface area contributed by atoms with E-state index in [9.17, 15) is 22.8 Å². The van der Waals surface area contributed by atoms with Crippen molar-refractivity contribution in [3.8, 4) is 11.5 Å². The molecule has 0 aromatic heterocycles. The van der Waals surface area contributed by atoms with Crippen molar-refractivity contribution < 1.29 is 32.2 Å². The van der Waals surface area contributed by atoms with E-state index in [4.69, 9.17) is 9.47 Å². The minimum atomic E-state index is -4.55. The molecule has 0 bridgehead atoms. The van der Waals surface area contributed by atoms with Gasteiger partial charge in [-0.15, -0.1) is 0 Å². The number of benzene rings is 3. The molecule has 0 spiro atoms. The molecule has 3 aromatic rings. The molecule has 2 aliphatic rings. The molecule has 0 atom stereocenters. The molecule has 9 heteroatoms. The van der Waals surface area contributed by atoms with Gasteiger partial charge in [0.25, 0.3) is 11.8 Å². The van der Waals surface area contributed by atoms with E-state index in [-0.39, 0.29) is 22.6 Å². The maximum atomic E-state index is 13.5. The van der Waals surface area contributed by atoms with Crippen molar-refractivity contribution in [3.05, 3.63) is 89.6 Å². The van der Waals surface area contributed by atoms with Gasteiger partial charge in [0.05, 0.1) is 16.8 Å². The van der Waals surface area contributed by atoms with Crippen molar-refractivity contribution in [1.82, 2.24) is 0 Å². The summed E-state index contributed by atoms with van der Waals surface area (Å²) in [4.78, 5) is 27.9. The van der Waals surface area contributed by atoms with E-state index in [1.807, 2.05) is 0 Å². The zero-order valence-electron chi connectivity index (χ0n) is 17.6. The quantitative estimate of drug-likeness (QED) is 0.556. The van der Waals surface area contributed by atoms with E-state index in [2.05, 4.69) is 5.32 Å². The lowest BCUT2D eigenvalue weighted by molar-refractivity contribution is -0.137. The second kappa shape index (κ2) is 8.26. The second-order valence-corrected chi connectivity index (χ2v) is 7.59. The van der Waals surface area contributed by atoms with Gasteiger partial charge in [-0.3, -0.25) is 9.59 Å². The van der Waals surface area contributed by atoms with E-state index < -0.39 is 23.6 Å². The average molecular weight is 466 g/mol. The number of fused-ring (bicyclic) bond motifs is 1. The molecule has 0 saturated carbocycles. The monoisotopic (exact) mass is 466 g/mol. The highest BCUT2D eigenvalue weighted by Crippen LogP contribution is 2.39. The van der Waals surface area contributed by atoms with Gasteiger partial charge in [-0.05, 0) is 35.9 Å². The zero-order valence-corrected chi connectivity index (χ0v) is 17.6. The van der Waals surface area contributed by atoms with Gasteiger partial charge in [0.2, 0.25) is 0 Å². The lowest BCUT2D eigenvalue weighted by Crippen LogP contribution is -2.32. The summed E-state index contributed by atoms with van der Waals surface area (Å²) in [5.74, 6) is -0.419. The summed E-state index contributed by atoms with van der Waals surface area (Å²) in [5, 5.41) is 2.76. The van der Waals surface area contributed by atoms with Crippen LogP contribution in [0, 0.1) is 0 Å². The van der Waals surface area contributed by atoms with Crippen molar-refractivity contribution >= 4 is 28.8 Å². The maximum absolute atomic E-state index is 13.5. The van der Waals surface area contributed by atoms with Crippen LogP contribution in [-0.4, -0.2) is 25.0 Å². The highest BCUT2D eigenvalue weighted by molar-refractivity contribution is 6.46. The van der Waals surface area contributed by atoms with Crippen LogP contribution < -0.4 is 19.7 Å². The second-order valence-electron chi connectivity index (χ2n) is 7.59. The molecule has 34 heavy (non-hydrogen) atoms. The highest BCUT2D eigenvalue weighted by Gasteiger charge is 2.41. The molecule has 0 radical (unpaired) electrons. The van der Waals surface area contributed by atoms with Gasteiger partial charge in [0.1, 0.15) is 18.9 Å². The predicted octanol–water partition coefficient (Wildman–Crippen LogP) is 4.87. The molecular formula is C25H17F3N2O4. The van der Waals surface area contributed by atoms with E-state index >= 15 is 0 Å². The Balaban J connectivity index is 1.57. The number of hydrogen-bond donors (Lipinski definition) is 1. The first kappa shape index (κ1) is 21.6. The number of imide groups is 1. The Morgan fingerprint density at radius 1 is 0.794 bits per heavy atom. The van der Waals surface area contributed by atoms with Gasteiger partial charge in [-0.2, -0.15) is 13.2 Å². The molecule has 5 rings (SSSR count). The number of nitrogens with zero attached hydrogens (tertiary/aromatic N) is 1. The number of ether oxygens (including phenoxy) is 2. The fourth-order valence-electron chi connectivity index (χ4n) is 3.84. The number of halogens is 3. The summed E-state index contributed by atoms with van der Waals surface area (Å²) in [5.41, 5.74) is -0.199. The van der Waals surface area contributed by atoms with Crippen LogP contribution >= 0.6 is 0 Å². The smallest absolute Gasteiger partial charge is 0.416 e. The largest absolute Gasteiger partial charge is 0.486 e. The average Bonchev–Trinajstić information content (AvgIpc) is 3.08. The molecular weight excluding hydrogens is 449 g/mol. The summed E-state index contributed by atoms with van der Waals surface area (Å²) < 4.78 is 50.6. The van der Waals surface area contributed by atoms with Gasteiger partial charge in [-0.25, -0.2) is 4.90 Å². The van der Waals surface area contributed by atoms with E-state index in [1.165, 1.54) is 18.2 Å². The third-order valence-corrected chi connectivity index (χ3v) is 5.39. The van der Waals surface area contributed by atoms with Crippen molar-refractivity contribution in [2.45, 2.75) is 6.18 Å². The Kier molecular flexibility index (Phi) is 5.24. The molecule has 2 heterocycles. The summed E-state index contributed by atoms with van der Waals surface area (Å²) in [6, 6.07) is 17.6. The number of carbonyl (C=O) groups excluding carboxylic acids is 2. The fraction of sp³-hybridized carbons (Fsp3) is 0.120. The minimum Gasteiger partial charge on any atom is -0.486 e. The number of nitrogens with one attached hydrogen (secondary N) is 1. The Morgan fingerprint density at radius 3 is 2.26 bits per heavy atom. The van der Waals surface area contributed by atoms with Gasteiger partial charge >= 0.3 is 6.18 Å². The number of rotatable bonds is 4. The minimum absolute atomic E-state index is 0.0310. The van der Waals surface area contributed by atoms with Crippen LogP contribution in [0.5, 0.6) is 11.5 Å². The van der Waals surface area contributed by atoms with Gasteiger partial charge in [0, 0.05) is 11.8 Å². The maximum Gasteiger partial charge on any atom is 0.416 e. The third kappa shape index (κ3) is 3.85. The number of anilines is 2. The molecule has 3 aromatic carbocycles. The standard InChI is InChI=1S/C25H17F3N2O4/c26-25(27,28)16-7-4-8-17(13-16)29-22-21(15-5-2-1-3-6-15)23(31)30(24(22)32)18-9-10-19-20(14-18)34-12-11-33-19/h1-10,13-14,29H,11-12H2. The SMILES string of the molecule is O=C1C(Nc2cccc(C(F)(F)F)c2)=C(c2ccccc2)C(=O)N1c1ccc2c(c1)OCCO2. The molecule has 2 amide bonds. The molecule has 1 N–H and O–H groups in total. The van der Waals surface area contributed by atoms with Crippen molar-refractivity contribution in [3.63, 3.8) is 0 Å². The number of hydrogen-bond acceptors (Lipinski definition) is 5. The molecule has 0 fully saturated rings. The first-order valence-electron chi connectivity index (χ1n) is 10.4. The molecule has 0 saturated heterocycles. The first-order chi connectivity index (χ1) is 16.3. The van der Waals surface area contributed by atoms with E-state index in [1.54, 1.807) is 42.5 Å². The molecule has 172 valence electrons. The molecule has 2 aliphatic heterocycles. The summed E-state index contributed by atoms with van der Waals surface area (Å²) in [6.45, 7) is 0.715. The van der Waals surface area contributed by atoms with Crippen LogP contribution in [0.3, 0.4) is 0 Å². The predicted molar refractivity (Wildman–Crippen MR) is 118 cm³/mol. The van der Waals surface area contributed by atoms with Crippen LogP contribution in [0.15, 0.2) is 78.5 Å².